The number of furan rings is 1. The maximum atomic E-state index is 13.3. The van der Waals surface area contributed by atoms with Gasteiger partial charge in [0.1, 0.15) is 17.1 Å². The first-order valence-corrected chi connectivity index (χ1v) is 9.41. The van der Waals surface area contributed by atoms with Gasteiger partial charge in [0.15, 0.2) is 0 Å². The third-order valence-corrected chi connectivity index (χ3v) is 4.84. The number of amides is 1. The summed E-state index contributed by atoms with van der Waals surface area (Å²) in [4.78, 5) is 13.3. The summed E-state index contributed by atoms with van der Waals surface area (Å²) in [5.41, 5.74) is 2.05. The third-order valence-electron chi connectivity index (χ3n) is 4.84. The van der Waals surface area contributed by atoms with E-state index in [1.54, 1.807) is 12.3 Å². The molecule has 2 aromatic carbocycles. The highest BCUT2D eigenvalue weighted by molar-refractivity contribution is 6.24. The van der Waals surface area contributed by atoms with Gasteiger partial charge >= 0.3 is 0 Å². The van der Waals surface area contributed by atoms with Gasteiger partial charge in [-0.2, -0.15) is 0 Å². The summed E-state index contributed by atoms with van der Waals surface area (Å²) < 4.78 is 11.5. The molecule has 1 aliphatic rings. The monoisotopic (exact) mass is 373 g/mol. The van der Waals surface area contributed by atoms with Gasteiger partial charge in [0, 0.05) is 12.0 Å². The molecule has 1 aromatic heterocycles. The first-order chi connectivity index (χ1) is 13.5. The minimum absolute atomic E-state index is 0.129. The van der Waals surface area contributed by atoms with E-state index in [0.29, 0.717) is 17.8 Å². The molecule has 2 heterocycles. The SMILES string of the molecule is CC1(C)CC(NC(=O)/C(=C/c2ccco2)c2ccccc2)c2ccccc2O1. The van der Waals surface area contributed by atoms with Crippen LogP contribution in [-0.2, 0) is 4.79 Å². The maximum absolute atomic E-state index is 13.3. The summed E-state index contributed by atoms with van der Waals surface area (Å²) in [5.74, 6) is 1.32. The van der Waals surface area contributed by atoms with Crippen LogP contribution in [0.4, 0.5) is 0 Å². The van der Waals surface area contributed by atoms with E-state index >= 15 is 0 Å². The average Bonchev–Trinajstić information content (AvgIpc) is 3.19. The lowest BCUT2D eigenvalue weighted by atomic mass is 9.89. The van der Waals surface area contributed by atoms with E-state index in [-0.39, 0.29) is 17.6 Å². The van der Waals surface area contributed by atoms with Crippen LogP contribution in [0.25, 0.3) is 11.6 Å². The number of carbonyl (C=O) groups is 1. The van der Waals surface area contributed by atoms with Gasteiger partial charge in [-0.3, -0.25) is 4.79 Å². The molecule has 28 heavy (non-hydrogen) atoms. The Kier molecular flexibility index (Phi) is 4.78. The van der Waals surface area contributed by atoms with Crippen LogP contribution in [-0.4, -0.2) is 11.5 Å². The van der Waals surface area contributed by atoms with Gasteiger partial charge in [-0.05, 0) is 43.7 Å². The minimum atomic E-state index is -0.357. The van der Waals surface area contributed by atoms with E-state index in [2.05, 4.69) is 5.32 Å². The quantitative estimate of drug-likeness (QED) is 0.637. The Balaban J connectivity index is 1.67. The average molecular weight is 373 g/mol. The first-order valence-electron chi connectivity index (χ1n) is 9.41. The van der Waals surface area contributed by atoms with Crippen LogP contribution >= 0.6 is 0 Å². The Bertz CT molecular complexity index is 988. The van der Waals surface area contributed by atoms with E-state index in [1.165, 1.54) is 0 Å². The Morgan fingerprint density at radius 2 is 1.79 bits per heavy atom. The van der Waals surface area contributed by atoms with Gasteiger partial charge in [-0.1, -0.05) is 48.5 Å². The van der Waals surface area contributed by atoms with Crippen LogP contribution in [0.2, 0.25) is 0 Å². The molecule has 4 heteroatoms. The topological polar surface area (TPSA) is 51.5 Å². The molecule has 0 saturated heterocycles. The van der Waals surface area contributed by atoms with E-state index in [9.17, 15) is 4.79 Å². The first kappa shape index (κ1) is 18.1. The Morgan fingerprint density at radius 1 is 1.04 bits per heavy atom. The van der Waals surface area contributed by atoms with Gasteiger partial charge in [-0.25, -0.2) is 0 Å². The van der Waals surface area contributed by atoms with Crippen molar-refractivity contribution in [2.75, 3.05) is 0 Å². The predicted molar refractivity (Wildman–Crippen MR) is 110 cm³/mol. The number of rotatable bonds is 4. The summed E-state index contributed by atoms with van der Waals surface area (Å²) >= 11 is 0. The molecule has 0 bridgehead atoms. The molecular formula is C24H23NO3. The number of hydrogen-bond acceptors (Lipinski definition) is 3. The fraction of sp³-hybridized carbons (Fsp3) is 0.208. The molecule has 4 rings (SSSR count). The minimum Gasteiger partial charge on any atom is -0.487 e. The molecule has 1 aliphatic heterocycles. The summed E-state index contributed by atoms with van der Waals surface area (Å²) in [6.45, 7) is 4.08. The summed E-state index contributed by atoms with van der Waals surface area (Å²) in [6, 6.07) is 21.0. The zero-order valence-electron chi connectivity index (χ0n) is 16.0. The molecule has 1 N–H and O–H groups in total. The number of benzene rings is 2. The third kappa shape index (κ3) is 3.86. The molecule has 0 saturated carbocycles. The Labute approximate surface area is 164 Å². The summed E-state index contributed by atoms with van der Waals surface area (Å²) in [7, 11) is 0. The molecular weight excluding hydrogens is 350 g/mol. The van der Waals surface area contributed by atoms with Crippen LogP contribution in [0.3, 0.4) is 0 Å². The molecule has 0 spiro atoms. The molecule has 1 unspecified atom stereocenters. The molecule has 0 fully saturated rings. The van der Waals surface area contributed by atoms with Crippen LogP contribution in [0.5, 0.6) is 5.75 Å². The number of ether oxygens (including phenoxy) is 1. The molecule has 0 radical (unpaired) electrons. The number of hydrogen-bond donors (Lipinski definition) is 1. The van der Waals surface area contributed by atoms with Crippen molar-refractivity contribution in [2.45, 2.75) is 31.9 Å². The van der Waals surface area contributed by atoms with E-state index < -0.39 is 0 Å². The molecule has 0 aliphatic carbocycles. The van der Waals surface area contributed by atoms with Gasteiger partial charge in [-0.15, -0.1) is 0 Å². The Morgan fingerprint density at radius 3 is 2.54 bits per heavy atom. The van der Waals surface area contributed by atoms with Crippen molar-refractivity contribution < 1.29 is 13.9 Å². The highest BCUT2D eigenvalue weighted by Crippen LogP contribution is 2.39. The molecule has 1 amide bonds. The van der Waals surface area contributed by atoms with E-state index in [4.69, 9.17) is 9.15 Å². The van der Waals surface area contributed by atoms with Crippen molar-refractivity contribution in [1.82, 2.24) is 5.32 Å². The number of carbonyl (C=O) groups excluding carboxylic acids is 1. The normalized spacial score (nSPS) is 18.1. The van der Waals surface area contributed by atoms with Crippen LogP contribution < -0.4 is 10.1 Å². The van der Waals surface area contributed by atoms with Crippen molar-refractivity contribution in [3.63, 3.8) is 0 Å². The summed E-state index contributed by atoms with van der Waals surface area (Å²) in [5, 5.41) is 3.21. The van der Waals surface area contributed by atoms with Crippen LogP contribution in [0.15, 0.2) is 77.4 Å². The van der Waals surface area contributed by atoms with Gasteiger partial charge in [0.2, 0.25) is 0 Å². The van der Waals surface area contributed by atoms with E-state index in [1.807, 2.05) is 80.6 Å². The second-order valence-electron chi connectivity index (χ2n) is 7.57. The summed E-state index contributed by atoms with van der Waals surface area (Å²) in [6.07, 6.45) is 4.07. The molecule has 142 valence electrons. The number of fused-ring (bicyclic) bond motifs is 1. The molecule has 3 aromatic rings. The lowest BCUT2D eigenvalue weighted by molar-refractivity contribution is -0.116. The highest BCUT2D eigenvalue weighted by atomic mass is 16.5. The standard InChI is InChI=1S/C24H23NO3/c1-24(2)16-21(19-12-6-7-13-22(19)28-24)25-23(26)20(15-18-11-8-14-27-18)17-9-4-3-5-10-17/h3-15,21H,16H2,1-2H3,(H,25,26)/b20-15+. The maximum Gasteiger partial charge on any atom is 0.252 e. The number of nitrogens with one attached hydrogen (secondary N) is 1. The van der Waals surface area contributed by atoms with Crippen LogP contribution in [0, 0.1) is 0 Å². The highest BCUT2D eigenvalue weighted by Gasteiger charge is 2.34. The number of para-hydroxylation sites is 1. The molecule has 1 atom stereocenters. The van der Waals surface area contributed by atoms with Crippen LogP contribution in [0.1, 0.15) is 43.2 Å². The zero-order valence-corrected chi connectivity index (χ0v) is 16.0. The fourth-order valence-electron chi connectivity index (χ4n) is 3.58. The lowest BCUT2D eigenvalue weighted by Gasteiger charge is -2.38. The largest absolute Gasteiger partial charge is 0.487 e. The van der Waals surface area contributed by atoms with Gasteiger partial charge in [0.05, 0.1) is 17.9 Å². The van der Waals surface area contributed by atoms with E-state index in [0.717, 1.165) is 16.9 Å². The molecule has 4 nitrogen and oxygen atoms in total. The predicted octanol–water partition coefficient (Wildman–Crippen LogP) is 5.24. The fourth-order valence-corrected chi connectivity index (χ4v) is 3.58. The van der Waals surface area contributed by atoms with Crippen molar-refractivity contribution in [1.29, 1.82) is 0 Å². The zero-order chi connectivity index (χ0) is 19.6. The van der Waals surface area contributed by atoms with Crippen molar-refractivity contribution in [2.24, 2.45) is 0 Å². The second kappa shape index (κ2) is 7.39. The second-order valence-corrected chi connectivity index (χ2v) is 7.57. The van der Waals surface area contributed by atoms with Crippen molar-refractivity contribution in [3.8, 4) is 5.75 Å². The lowest BCUT2D eigenvalue weighted by Crippen LogP contribution is -2.41. The van der Waals surface area contributed by atoms with Crippen molar-refractivity contribution >= 4 is 17.6 Å². The van der Waals surface area contributed by atoms with Crippen molar-refractivity contribution in [3.05, 3.63) is 89.9 Å². The van der Waals surface area contributed by atoms with Gasteiger partial charge < -0.3 is 14.5 Å². The Hall–Kier alpha value is -3.27. The van der Waals surface area contributed by atoms with Gasteiger partial charge in [0.25, 0.3) is 5.91 Å². The smallest absolute Gasteiger partial charge is 0.252 e.